The Kier molecular flexibility index (Phi) is 9.93. The maximum absolute atomic E-state index is 14.3. The fourth-order valence-corrected chi connectivity index (χ4v) is 7.41. The van der Waals surface area contributed by atoms with Crippen LogP contribution in [0.5, 0.6) is 0 Å². The zero-order chi connectivity index (χ0) is 26.4. The van der Waals surface area contributed by atoms with Crippen molar-refractivity contribution >= 4 is 5.97 Å². The smallest absolute Gasteiger partial charge is 0.419 e. The summed E-state index contributed by atoms with van der Waals surface area (Å²) in [6.45, 7) is 1.94. The molecule has 0 bridgehead atoms. The second-order valence-electron chi connectivity index (χ2n) is 11.8. The number of methoxy groups -OCH3 is 1. The highest BCUT2D eigenvalue weighted by Crippen LogP contribution is 2.45. The van der Waals surface area contributed by atoms with Crippen molar-refractivity contribution in [1.29, 1.82) is 0 Å². The van der Waals surface area contributed by atoms with Gasteiger partial charge in [0.05, 0.1) is 12.7 Å². The number of carbonyl (C=O) groups is 1. The molecule has 3 aliphatic rings. The predicted molar refractivity (Wildman–Crippen MR) is 137 cm³/mol. The third-order valence-electron chi connectivity index (χ3n) is 9.24. The Morgan fingerprint density at radius 1 is 0.892 bits per heavy atom. The first-order valence-corrected chi connectivity index (χ1v) is 14.4. The van der Waals surface area contributed by atoms with Crippen LogP contribution in [0.2, 0.25) is 0 Å². The molecule has 0 aliphatic heterocycles. The molecule has 0 aromatic heterocycles. The predicted octanol–water partition coefficient (Wildman–Crippen LogP) is 8.12. The summed E-state index contributed by atoms with van der Waals surface area (Å²) >= 11 is 0. The van der Waals surface area contributed by atoms with Crippen LogP contribution in [0.3, 0.4) is 0 Å². The summed E-state index contributed by atoms with van der Waals surface area (Å²) in [6.07, 6.45) is 10.4. The quantitative estimate of drug-likeness (QED) is 0.254. The van der Waals surface area contributed by atoms with Gasteiger partial charge in [0.2, 0.25) is 0 Å². The van der Waals surface area contributed by atoms with Crippen molar-refractivity contribution < 1.29 is 27.1 Å². The molecule has 3 aliphatic carbocycles. The van der Waals surface area contributed by atoms with Gasteiger partial charge >= 0.3 is 12.1 Å². The fourth-order valence-electron chi connectivity index (χ4n) is 7.41. The topological polar surface area (TPSA) is 29.5 Å². The van der Waals surface area contributed by atoms with Gasteiger partial charge in [-0.05, 0) is 74.0 Å². The van der Waals surface area contributed by atoms with Crippen LogP contribution in [0.15, 0.2) is 18.2 Å². The third kappa shape index (κ3) is 7.48. The number of hydrogen-bond acceptors (Lipinski definition) is 3. The molecule has 3 saturated carbocycles. The minimum Gasteiger partial charge on any atom is -0.469 e. The van der Waals surface area contributed by atoms with Gasteiger partial charge in [0.15, 0.2) is 0 Å². The molecule has 4 rings (SSSR count). The molecule has 3 nitrogen and oxygen atoms in total. The van der Waals surface area contributed by atoms with E-state index in [2.05, 4.69) is 4.90 Å². The molecule has 0 N–H and O–H groups in total. The number of carbonyl (C=O) groups excluding carboxylic acids is 1. The minimum absolute atomic E-state index is 0.0406. The van der Waals surface area contributed by atoms with Gasteiger partial charge in [0, 0.05) is 31.5 Å². The van der Waals surface area contributed by atoms with E-state index in [0.717, 1.165) is 44.5 Å². The normalized spacial score (nSPS) is 26.4. The molecule has 1 aromatic carbocycles. The van der Waals surface area contributed by atoms with Crippen molar-refractivity contribution in [3.63, 3.8) is 0 Å². The lowest BCUT2D eigenvalue weighted by atomic mass is 9.69. The van der Waals surface area contributed by atoms with Gasteiger partial charge in [-0.25, -0.2) is 4.39 Å². The number of ether oxygens (including phenoxy) is 1. The molecular weight excluding hydrogens is 482 g/mol. The largest absolute Gasteiger partial charge is 0.469 e. The summed E-state index contributed by atoms with van der Waals surface area (Å²) in [7, 11) is 1.36. The van der Waals surface area contributed by atoms with E-state index in [0.29, 0.717) is 17.4 Å². The number of rotatable bonds is 8. The van der Waals surface area contributed by atoms with E-state index in [1.165, 1.54) is 77.4 Å². The molecule has 208 valence electrons. The molecule has 7 heteroatoms. The Balaban J connectivity index is 1.69. The van der Waals surface area contributed by atoms with Gasteiger partial charge < -0.3 is 4.74 Å². The average Bonchev–Trinajstić information content (AvgIpc) is 2.89. The first-order valence-electron chi connectivity index (χ1n) is 14.4. The van der Waals surface area contributed by atoms with E-state index in [1.807, 2.05) is 0 Å². The SMILES string of the molecule is COC(=O)CC1CCCC(N(CC2CCCCC2)CC2CCCCC2)C1c1ccc(F)c(C(F)(F)F)c1. The van der Waals surface area contributed by atoms with Crippen LogP contribution in [0.25, 0.3) is 0 Å². The third-order valence-corrected chi connectivity index (χ3v) is 9.24. The number of benzene rings is 1. The van der Waals surface area contributed by atoms with Crippen LogP contribution in [0.4, 0.5) is 17.6 Å². The molecular formula is C30H43F4NO2. The lowest BCUT2D eigenvalue weighted by Gasteiger charge is -2.47. The van der Waals surface area contributed by atoms with Gasteiger partial charge in [-0.3, -0.25) is 9.69 Å². The highest BCUT2D eigenvalue weighted by Gasteiger charge is 2.42. The Morgan fingerprint density at radius 2 is 1.49 bits per heavy atom. The zero-order valence-corrected chi connectivity index (χ0v) is 22.2. The van der Waals surface area contributed by atoms with Gasteiger partial charge in [-0.15, -0.1) is 0 Å². The van der Waals surface area contributed by atoms with E-state index in [-0.39, 0.29) is 30.3 Å². The minimum atomic E-state index is -4.76. The second-order valence-corrected chi connectivity index (χ2v) is 11.8. The summed E-state index contributed by atoms with van der Waals surface area (Å²) < 4.78 is 60.4. The lowest BCUT2D eigenvalue weighted by Crippen LogP contribution is -2.49. The number of hydrogen-bond donors (Lipinski definition) is 0. The van der Waals surface area contributed by atoms with E-state index >= 15 is 0 Å². The molecule has 0 amide bonds. The van der Waals surface area contributed by atoms with E-state index in [9.17, 15) is 22.4 Å². The van der Waals surface area contributed by atoms with Crippen molar-refractivity contribution in [2.75, 3.05) is 20.2 Å². The first-order chi connectivity index (χ1) is 17.8. The van der Waals surface area contributed by atoms with Crippen molar-refractivity contribution in [2.45, 2.75) is 108 Å². The number of alkyl halides is 3. The Morgan fingerprint density at radius 3 is 2.03 bits per heavy atom. The Bertz CT molecular complexity index is 857. The van der Waals surface area contributed by atoms with Gasteiger partial charge in [-0.1, -0.05) is 51.0 Å². The molecule has 3 unspecified atom stereocenters. The van der Waals surface area contributed by atoms with E-state index in [1.54, 1.807) is 0 Å². The van der Waals surface area contributed by atoms with Crippen LogP contribution in [-0.2, 0) is 15.7 Å². The van der Waals surface area contributed by atoms with Crippen LogP contribution in [0, 0.1) is 23.6 Å². The van der Waals surface area contributed by atoms with Crippen LogP contribution < -0.4 is 0 Å². The summed E-state index contributed by atoms with van der Waals surface area (Å²) in [4.78, 5) is 15.0. The Hall–Kier alpha value is -1.63. The monoisotopic (exact) mass is 525 g/mol. The molecule has 0 spiro atoms. The summed E-state index contributed by atoms with van der Waals surface area (Å²) in [5.74, 6) is -0.746. The molecule has 0 radical (unpaired) electrons. The van der Waals surface area contributed by atoms with Crippen LogP contribution in [0.1, 0.15) is 107 Å². The van der Waals surface area contributed by atoms with Crippen molar-refractivity contribution in [3.8, 4) is 0 Å². The summed E-state index contributed by atoms with van der Waals surface area (Å²) in [5.41, 5.74) is -0.707. The van der Waals surface area contributed by atoms with Crippen molar-refractivity contribution in [3.05, 3.63) is 35.1 Å². The molecule has 3 fully saturated rings. The highest BCUT2D eigenvalue weighted by molar-refractivity contribution is 5.69. The molecule has 1 aromatic rings. The van der Waals surface area contributed by atoms with Gasteiger partial charge in [0.1, 0.15) is 5.82 Å². The molecule has 37 heavy (non-hydrogen) atoms. The summed E-state index contributed by atoms with van der Waals surface area (Å²) in [6, 6.07) is 3.55. The fraction of sp³-hybridized carbons (Fsp3) is 0.767. The van der Waals surface area contributed by atoms with Crippen LogP contribution in [-0.4, -0.2) is 37.1 Å². The molecule has 0 heterocycles. The van der Waals surface area contributed by atoms with Crippen LogP contribution >= 0.6 is 0 Å². The van der Waals surface area contributed by atoms with E-state index < -0.39 is 17.6 Å². The number of nitrogens with zero attached hydrogens (tertiary/aromatic N) is 1. The average molecular weight is 526 g/mol. The second kappa shape index (κ2) is 12.9. The van der Waals surface area contributed by atoms with Crippen molar-refractivity contribution in [2.24, 2.45) is 17.8 Å². The maximum atomic E-state index is 14.3. The van der Waals surface area contributed by atoms with E-state index in [4.69, 9.17) is 4.74 Å². The number of halogens is 4. The molecule has 3 atom stereocenters. The lowest BCUT2D eigenvalue weighted by molar-refractivity contribution is -0.143. The Labute approximate surface area is 219 Å². The first kappa shape index (κ1) is 28.4. The molecule has 0 saturated heterocycles. The highest BCUT2D eigenvalue weighted by atomic mass is 19.4. The zero-order valence-electron chi connectivity index (χ0n) is 22.2. The van der Waals surface area contributed by atoms with Gasteiger partial charge in [0.25, 0.3) is 0 Å². The summed E-state index contributed by atoms with van der Waals surface area (Å²) in [5, 5.41) is 0. The standard InChI is InChI=1S/C30H43F4NO2/c1-37-28(36)18-23-13-8-14-27(29(23)24-15-16-26(31)25(17-24)30(32,33)34)35(19-21-9-4-2-5-10-21)20-22-11-6-3-7-12-22/h15-17,21-23,27,29H,2-14,18-20H2,1H3. The van der Waals surface area contributed by atoms with Gasteiger partial charge in [-0.2, -0.15) is 13.2 Å². The number of esters is 1. The maximum Gasteiger partial charge on any atom is 0.419 e. The van der Waals surface area contributed by atoms with Crippen molar-refractivity contribution in [1.82, 2.24) is 4.90 Å².